The van der Waals surface area contributed by atoms with Crippen LogP contribution >= 0.6 is 0 Å². The fourth-order valence-electron chi connectivity index (χ4n) is 5.50. The summed E-state index contributed by atoms with van der Waals surface area (Å²) in [6.07, 6.45) is 10.6. The van der Waals surface area contributed by atoms with E-state index in [0.29, 0.717) is 11.8 Å². The number of ether oxygens (including phenoxy) is 1. The number of rotatable bonds is 5. The number of hydrogen-bond donors (Lipinski definition) is 1. The van der Waals surface area contributed by atoms with Gasteiger partial charge in [-0.3, -0.25) is 0 Å². The number of cyclic esters (lactones) is 1. The quantitative estimate of drug-likeness (QED) is 0.520. The molecule has 7 atom stereocenters. The Hall–Kier alpha value is -0.913. The monoisotopic (exact) mass is 420 g/mol. The minimum absolute atomic E-state index is 0.00197. The maximum atomic E-state index is 12.8. The smallest absolute Gasteiger partial charge is 0.334 e. The fourth-order valence-corrected chi connectivity index (χ4v) is 6.39. The number of allylic oxidation sites excluding steroid dienone is 3. The molecule has 1 fully saturated rings. The minimum Gasteiger partial charge on any atom is -0.460 e. The third-order valence-corrected chi connectivity index (χ3v) is 7.96. The first-order valence-electron chi connectivity index (χ1n) is 11.5. The molecule has 1 aliphatic heterocycles. The van der Waals surface area contributed by atoms with Crippen molar-refractivity contribution in [2.45, 2.75) is 91.2 Å². The Labute approximate surface area is 178 Å². The summed E-state index contributed by atoms with van der Waals surface area (Å²) in [6, 6.07) is 0. The lowest BCUT2D eigenvalue weighted by atomic mass is 9.66. The van der Waals surface area contributed by atoms with Gasteiger partial charge >= 0.3 is 5.97 Å². The molecule has 1 unspecified atom stereocenters. The number of aliphatic hydroxyl groups excluding tert-OH is 1. The molecule has 2 aliphatic carbocycles. The largest absolute Gasteiger partial charge is 0.460 e. The van der Waals surface area contributed by atoms with Crippen LogP contribution in [0.5, 0.6) is 0 Å². The minimum atomic E-state index is -1.33. The van der Waals surface area contributed by atoms with E-state index in [1.54, 1.807) is 0 Å². The average molecular weight is 421 g/mol. The van der Waals surface area contributed by atoms with E-state index in [0.717, 1.165) is 32.1 Å². The standard InChI is InChI=1S/C24H40O4Si/c1-15-10-11-16-8-7-9-20(25)21(16)18(15)13-12-17-14-19(24(2,3)4)22(23(26)27-17)28-29(5)6/h8,10-11,15,17-22,25,29H,7,9,12-14H2,1-6H3/t15-,17+,18-,19-,20-,21-,22?/m0/s1. The number of fused-ring (bicyclic) bond motifs is 1. The Morgan fingerprint density at radius 3 is 2.66 bits per heavy atom. The predicted molar refractivity (Wildman–Crippen MR) is 119 cm³/mol. The summed E-state index contributed by atoms with van der Waals surface area (Å²) < 4.78 is 12.0. The Morgan fingerprint density at radius 2 is 2.00 bits per heavy atom. The van der Waals surface area contributed by atoms with Gasteiger partial charge in [0.15, 0.2) is 9.04 Å². The molecule has 1 N–H and O–H groups in total. The van der Waals surface area contributed by atoms with Crippen LogP contribution in [0.3, 0.4) is 0 Å². The molecule has 0 bridgehead atoms. The molecule has 3 aliphatic rings. The zero-order valence-corrected chi connectivity index (χ0v) is 20.2. The van der Waals surface area contributed by atoms with Crippen molar-refractivity contribution < 1.29 is 19.1 Å². The van der Waals surface area contributed by atoms with Gasteiger partial charge in [0.1, 0.15) is 12.2 Å². The maximum Gasteiger partial charge on any atom is 0.334 e. The molecule has 1 heterocycles. The van der Waals surface area contributed by atoms with Crippen LogP contribution in [0, 0.1) is 29.1 Å². The summed E-state index contributed by atoms with van der Waals surface area (Å²) in [7, 11) is -1.33. The van der Waals surface area contributed by atoms with Crippen LogP contribution < -0.4 is 0 Å². The highest BCUT2D eigenvalue weighted by Gasteiger charge is 2.45. The molecule has 0 aromatic heterocycles. The van der Waals surface area contributed by atoms with E-state index in [9.17, 15) is 9.90 Å². The zero-order valence-electron chi connectivity index (χ0n) is 19.1. The van der Waals surface area contributed by atoms with Gasteiger partial charge in [0, 0.05) is 11.8 Å². The number of aliphatic hydroxyl groups is 1. The highest BCUT2D eigenvalue weighted by molar-refractivity contribution is 6.48. The van der Waals surface area contributed by atoms with E-state index in [2.05, 4.69) is 59.0 Å². The van der Waals surface area contributed by atoms with E-state index >= 15 is 0 Å². The molecular formula is C24H40O4Si. The van der Waals surface area contributed by atoms with E-state index in [1.165, 1.54) is 5.57 Å². The van der Waals surface area contributed by atoms with E-state index < -0.39 is 15.1 Å². The molecule has 0 aromatic rings. The first-order valence-corrected chi connectivity index (χ1v) is 14.3. The van der Waals surface area contributed by atoms with Crippen molar-refractivity contribution >= 4 is 15.0 Å². The Morgan fingerprint density at radius 1 is 1.28 bits per heavy atom. The molecule has 5 heteroatoms. The Balaban J connectivity index is 1.69. The van der Waals surface area contributed by atoms with Crippen LogP contribution in [0.15, 0.2) is 23.8 Å². The van der Waals surface area contributed by atoms with Crippen molar-refractivity contribution in [1.82, 2.24) is 0 Å². The summed E-state index contributed by atoms with van der Waals surface area (Å²) in [4.78, 5) is 12.8. The van der Waals surface area contributed by atoms with Crippen LogP contribution in [-0.4, -0.2) is 38.4 Å². The first kappa shape index (κ1) is 22.8. The molecule has 29 heavy (non-hydrogen) atoms. The van der Waals surface area contributed by atoms with Crippen molar-refractivity contribution in [1.29, 1.82) is 0 Å². The number of carbonyl (C=O) groups is 1. The van der Waals surface area contributed by atoms with Crippen molar-refractivity contribution in [3.63, 3.8) is 0 Å². The summed E-state index contributed by atoms with van der Waals surface area (Å²) >= 11 is 0. The topological polar surface area (TPSA) is 55.8 Å². The first-order chi connectivity index (χ1) is 13.6. The lowest BCUT2D eigenvalue weighted by Crippen LogP contribution is -2.50. The van der Waals surface area contributed by atoms with Gasteiger partial charge in [-0.05, 0) is 68.0 Å². The SMILES string of the molecule is C[C@H]1C=CC2=CCC[C@H](O)[C@@H]2[C@H]1CC[C@@H]1C[C@H](C(C)(C)C)C(O[SiH](C)C)C(=O)O1. The van der Waals surface area contributed by atoms with E-state index in [4.69, 9.17) is 9.16 Å². The van der Waals surface area contributed by atoms with E-state index in [-0.39, 0.29) is 35.4 Å². The number of esters is 1. The fraction of sp³-hybridized carbons (Fsp3) is 0.792. The average Bonchev–Trinajstić information content (AvgIpc) is 2.62. The van der Waals surface area contributed by atoms with Crippen LogP contribution in [0.1, 0.15) is 59.8 Å². The third-order valence-electron chi connectivity index (χ3n) is 7.12. The van der Waals surface area contributed by atoms with Gasteiger partial charge in [0.25, 0.3) is 0 Å². The Bertz CT molecular complexity index is 648. The summed E-state index contributed by atoms with van der Waals surface area (Å²) in [5, 5.41) is 10.7. The van der Waals surface area contributed by atoms with E-state index in [1.807, 2.05) is 0 Å². The molecule has 0 saturated carbocycles. The highest BCUT2D eigenvalue weighted by Crippen LogP contribution is 2.44. The molecular weight excluding hydrogens is 380 g/mol. The third kappa shape index (κ3) is 5.23. The Kier molecular flexibility index (Phi) is 7.12. The van der Waals surface area contributed by atoms with Gasteiger partial charge in [-0.25, -0.2) is 4.79 Å². The predicted octanol–water partition coefficient (Wildman–Crippen LogP) is 4.63. The number of hydrogen-bond acceptors (Lipinski definition) is 4. The lowest BCUT2D eigenvalue weighted by molar-refractivity contribution is -0.176. The molecule has 0 aromatic carbocycles. The summed E-state index contributed by atoms with van der Waals surface area (Å²) in [6.45, 7) is 13.1. The molecule has 164 valence electrons. The van der Waals surface area contributed by atoms with Crippen LogP contribution in [0.2, 0.25) is 13.1 Å². The highest BCUT2D eigenvalue weighted by atomic mass is 28.3. The molecule has 1 saturated heterocycles. The van der Waals surface area contributed by atoms with Crippen LogP contribution in [-0.2, 0) is 14.0 Å². The van der Waals surface area contributed by atoms with Gasteiger partial charge in [-0.1, -0.05) is 45.9 Å². The van der Waals surface area contributed by atoms with Gasteiger partial charge in [0.2, 0.25) is 0 Å². The normalized spacial score (nSPS) is 37.9. The van der Waals surface area contributed by atoms with Crippen LogP contribution in [0.25, 0.3) is 0 Å². The van der Waals surface area contributed by atoms with Crippen molar-refractivity contribution in [2.75, 3.05) is 0 Å². The lowest BCUT2D eigenvalue weighted by Gasteiger charge is -2.44. The van der Waals surface area contributed by atoms with Gasteiger partial charge in [-0.15, -0.1) is 0 Å². The molecule has 0 radical (unpaired) electrons. The van der Waals surface area contributed by atoms with Crippen LogP contribution in [0.4, 0.5) is 0 Å². The second-order valence-corrected chi connectivity index (χ2v) is 13.1. The molecule has 0 spiro atoms. The zero-order chi connectivity index (χ0) is 21.3. The van der Waals surface area contributed by atoms with Crippen molar-refractivity contribution in [3.8, 4) is 0 Å². The molecule has 0 amide bonds. The van der Waals surface area contributed by atoms with Gasteiger partial charge in [0.05, 0.1) is 6.10 Å². The van der Waals surface area contributed by atoms with Crippen molar-refractivity contribution in [2.24, 2.45) is 29.1 Å². The summed E-state index contributed by atoms with van der Waals surface area (Å²) in [5.41, 5.74) is 1.30. The number of carbonyl (C=O) groups excluding carboxylic acids is 1. The second-order valence-electron chi connectivity index (χ2n) is 10.7. The second kappa shape index (κ2) is 9.07. The molecule has 4 nitrogen and oxygen atoms in total. The van der Waals surface area contributed by atoms with Gasteiger partial charge < -0.3 is 14.3 Å². The maximum absolute atomic E-state index is 12.8. The summed E-state index contributed by atoms with van der Waals surface area (Å²) in [5.74, 6) is 1.08. The van der Waals surface area contributed by atoms with Gasteiger partial charge in [-0.2, -0.15) is 0 Å². The molecule has 3 rings (SSSR count). The van der Waals surface area contributed by atoms with Crippen molar-refractivity contribution in [3.05, 3.63) is 23.8 Å².